The van der Waals surface area contributed by atoms with Crippen molar-refractivity contribution in [2.24, 2.45) is 5.41 Å². The summed E-state index contributed by atoms with van der Waals surface area (Å²) in [7, 11) is 3.14. The highest BCUT2D eigenvalue weighted by Gasteiger charge is 2.71. The molecular formula is C36H29NO5. The third-order valence-corrected chi connectivity index (χ3v) is 9.04. The smallest absolute Gasteiger partial charge is 0.186 e. The van der Waals surface area contributed by atoms with Gasteiger partial charge in [0.1, 0.15) is 23.0 Å². The van der Waals surface area contributed by atoms with Crippen molar-refractivity contribution in [3.8, 4) is 11.5 Å². The van der Waals surface area contributed by atoms with Crippen molar-refractivity contribution in [1.29, 1.82) is 0 Å². The number of carbonyl (C=O) groups excluding carboxylic acids is 3. The van der Waals surface area contributed by atoms with Crippen LogP contribution in [0.4, 0.5) is 5.69 Å². The van der Waals surface area contributed by atoms with Gasteiger partial charge >= 0.3 is 0 Å². The van der Waals surface area contributed by atoms with E-state index in [4.69, 9.17) is 9.47 Å². The number of nitrogens with zero attached hydrogens (tertiary/aromatic N) is 1. The van der Waals surface area contributed by atoms with Crippen LogP contribution in [0.5, 0.6) is 11.5 Å². The summed E-state index contributed by atoms with van der Waals surface area (Å²) in [5.74, 6) is -0.373. The Bertz CT molecular complexity index is 1790. The van der Waals surface area contributed by atoms with Gasteiger partial charge in [0.2, 0.25) is 0 Å². The molecule has 0 radical (unpaired) electrons. The van der Waals surface area contributed by atoms with Crippen LogP contribution in [-0.4, -0.2) is 43.7 Å². The number of Topliss-reactive ketones (excluding diaryl/α,β-unsaturated/α-hetero) is 3. The third-order valence-electron chi connectivity index (χ3n) is 9.04. The maximum absolute atomic E-state index is 14.8. The van der Waals surface area contributed by atoms with Gasteiger partial charge in [0, 0.05) is 28.3 Å². The van der Waals surface area contributed by atoms with Gasteiger partial charge in [-0.15, -0.1) is 0 Å². The maximum Gasteiger partial charge on any atom is 0.186 e. The zero-order valence-electron chi connectivity index (χ0n) is 23.5. The SMILES string of the molecule is COc1cccc(C(=O)[C@H]2[C@H](c3cccc(OC)c3)C3(C(=O)c4ccccc4C3=O)[C@H]3C=Cc4cc(C)ccc4N23)c1. The van der Waals surface area contributed by atoms with Crippen molar-refractivity contribution >= 4 is 29.1 Å². The molecule has 0 amide bonds. The molecule has 42 heavy (non-hydrogen) atoms. The third kappa shape index (κ3) is 3.48. The predicted octanol–water partition coefficient (Wildman–Crippen LogP) is 6.33. The van der Waals surface area contributed by atoms with Crippen LogP contribution >= 0.6 is 0 Å². The Kier molecular flexibility index (Phi) is 5.91. The molecule has 0 unspecified atom stereocenters. The fraction of sp³-hybridized carbons (Fsp3) is 0.194. The van der Waals surface area contributed by atoms with Gasteiger partial charge < -0.3 is 14.4 Å². The summed E-state index contributed by atoms with van der Waals surface area (Å²) in [6.45, 7) is 2.02. The van der Waals surface area contributed by atoms with E-state index in [0.29, 0.717) is 33.8 Å². The Labute approximate surface area is 244 Å². The number of methoxy groups -OCH3 is 2. The van der Waals surface area contributed by atoms with Gasteiger partial charge in [-0.3, -0.25) is 14.4 Å². The predicted molar refractivity (Wildman–Crippen MR) is 161 cm³/mol. The highest BCUT2D eigenvalue weighted by atomic mass is 16.5. The number of carbonyl (C=O) groups is 3. The number of ketones is 3. The fourth-order valence-electron chi connectivity index (χ4n) is 7.25. The lowest BCUT2D eigenvalue weighted by molar-refractivity contribution is 0.0665. The van der Waals surface area contributed by atoms with Crippen molar-refractivity contribution in [3.63, 3.8) is 0 Å². The van der Waals surface area contributed by atoms with E-state index in [9.17, 15) is 14.4 Å². The molecule has 1 aliphatic carbocycles. The van der Waals surface area contributed by atoms with E-state index in [1.165, 1.54) is 0 Å². The van der Waals surface area contributed by atoms with Crippen molar-refractivity contribution < 1.29 is 23.9 Å². The van der Waals surface area contributed by atoms with Crippen LogP contribution in [0.15, 0.2) is 97.1 Å². The van der Waals surface area contributed by atoms with Crippen LogP contribution < -0.4 is 14.4 Å². The monoisotopic (exact) mass is 555 g/mol. The molecule has 4 aromatic rings. The average molecular weight is 556 g/mol. The molecule has 2 aliphatic heterocycles. The summed E-state index contributed by atoms with van der Waals surface area (Å²) in [6, 6.07) is 26.0. The number of fused-ring (bicyclic) bond motifs is 5. The van der Waals surface area contributed by atoms with Gasteiger partial charge in [-0.25, -0.2) is 0 Å². The molecule has 4 aromatic carbocycles. The van der Waals surface area contributed by atoms with E-state index in [1.54, 1.807) is 62.8 Å². The van der Waals surface area contributed by atoms with Crippen LogP contribution in [0.25, 0.3) is 6.08 Å². The molecule has 6 heteroatoms. The topological polar surface area (TPSA) is 72.9 Å². The number of anilines is 1. The van der Waals surface area contributed by atoms with Crippen molar-refractivity contribution in [1.82, 2.24) is 0 Å². The van der Waals surface area contributed by atoms with Crippen LogP contribution in [0.3, 0.4) is 0 Å². The Hall–Kier alpha value is -4.97. The van der Waals surface area contributed by atoms with E-state index < -0.39 is 23.4 Å². The number of ether oxygens (including phenoxy) is 2. The van der Waals surface area contributed by atoms with E-state index >= 15 is 0 Å². The first kappa shape index (κ1) is 26.0. The van der Waals surface area contributed by atoms with E-state index in [-0.39, 0.29) is 17.3 Å². The molecule has 3 atom stereocenters. The second-order valence-electron chi connectivity index (χ2n) is 11.1. The van der Waals surface area contributed by atoms with E-state index in [2.05, 4.69) is 6.07 Å². The minimum atomic E-state index is -1.56. The molecule has 208 valence electrons. The molecule has 1 fully saturated rings. The summed E-state index contributed by atoms with van der Waals surface area (Å²) in [4.78, 5) is 46.4. The van der Waals surface area contributed by atoms with Crippen molar-refractivity contribution in [3.05, 3.63) is 130 Å². The Morgan fingerprint density at radius 2 is 1.45 bits per heavy atom. The minimum absolute atomic E-state index is 0.193. The molecule has 0 bridgehead atoms. The van der Waals surface area contributed by atoms with Crippen LogP contribution in [0.1, 0.15) is 53.7 Å². The van der Waals surface area contributed by atoms with E-state index in [1.807, 2.05) is 60.4 Å². The number of hydrogen-bond donors (Lipinski definition) is 0. The molecule has 7 rings (SSSR count). The van der Waals surface area contributed by atoms with Crippen LogP contribution in [-0.2, 0) is 0 Å². The lowest BCUT2D eigenvalue weighted by atomic mass is 9.64. The molecule has 0 N–H and O–H groups in total. The number of aryl methyl sites for hydroxylation is 1. The average Bonchev–Trinajstić information content (AvgIpc) is 3.46. The summed E-state index contributed by atoms with van der Waals surface area (Å²) < 4.78 is 11.0. The first-order chi connectivity index (χ1) is 20.4. The number of benzene rings is 4. The van der Waals surface area contributed by atoms with E-state index in [0.717, 1.165) is 16.8 Å². The standard InChI is InChI=1S/C36H29NO5/c1-21-14-16-29-22(18-21)15-17-30-36(34(39)27-12-4-5-13-28(27)35(36)40)31(23-8-6-10-25(19-23)41-2)32(37(29)30)33(38)24-9-7-11-26(20-24)42-3/h4-20,30-32H,1-3H3/t30-,31+,32-/m1/s1. The van der Waals surface area contributed by atoms with Gasteiger partial charge in [-0.05, 0) is 54.4 Å². The number of rotatable bonds is 5. The second-order valence-corrected chi connectivity index (χ2v) is 11.1. The zero-order valence-corrected chi connectivity index (χ0v) is 23.5. The first-order valence-electron chi connectivity index (χ1n) is 14.0. The molecule has 1 saturated heterocycles. The molecule has 1 spiro atoms. The van der Waals surface area contributed by atoms with Gasteiger partial charge in [0.25, 0.3) is 0 Å². The largest absolute Gasteiger partial charge is 0.497 e. The van der Waals surface area contributed by atoms with Gasteiger partial charge in [0.15, 0.2) is 17.3 Å². The first-order valence-corrected chi connectivity index (χ1v) is 14.0. The summed E-state index contributed by atoms with van der Waals surface area (Å²) in [5, 5.41) is 0. The Morgan fingerprint density at radius 3 is 2.14 bits per heavy atom. The lowest BCUT2D eigenvalue weighted by Gasteiger charge is -2.37. The maximum atomic E-state index is 14.8. The fourth-order valence-corrected chi connectivity index (χ4v) is 7.25. The summed E-state index contributed by atoms with van der Waals surface area (Å²) >= 11 is 0. The van der Waals surface area contributed by atoms with Gasteiger partial charge in [-0.1, -0.05) is 72.3 Å². The molecule has 0 aromatic heterocycles. The molecule has 3 aliphatic rings. The normalized spacial score (nSPS) is 21.2. The van der Waals surface area contributed by atoms with Gasteiger partial charge in [-0.2, -0.15) is 0 Å². The van der Waals surface area contributed by atoms with Gasteiger partial charge in [0.05, 0.1) is 20.3 Å². The Morgan fingerprint density at radius 1 is 0.786 bits per heavy atom. The Balaban J connectivity index is 1.55. The lowest BCUT2D eigenvalue weighted by Crippen LogP contribution is -2.48. The minimum Gasteiger partial charge on any atom is -0.497 e. The molecule has 0 saturated carbocycles. The van der Waals surface area contributed by atoms with Crippen molar-refractivity contribution in [2.75, 3.05) is 19.1 Å². The zero-order chi connectivity index (χ0) is 29.2. The number of hydrogen-bond acceptors (Lipinski definition) is 6. The van der Waals surface area contributed by atoms with Crippen LogP contribution in [0.2, 0.25) is 0 Å². The second kappa shape index (κ2) is 9.55. The van der Waals surface area contributed by atoms with Crippen LogP contribution in [0, 0.1) is 12.3 Å². The molecule has 2 heterocycles. The summed E-state index contributed by atoms with van der Waals surface area (Å²) in [5.41, 5.74) is 3.20. The quantitative estimate of drug-likeness (QED) is 0.212. The summed E-state index contributed by atoms with van der Waals surface area (Å²) in [6.07, 6.45) is 3.92. The molecular weight excluding hydrogens is 526 g/mol. The highest BCUT2D eigenvalue weighted by molar-refractivity contribution is 6.32. The molecule has 6 nitrogen and oxygen atoms in total. The highest BCUT2D eigenvalue weighted by Crippen LogP contribution is 2.61. The van der Waals surface area contributed by atoms with Crippen molar-refractivity contribution in [2.45, 2.75) is 24.9 Å².